The fraction of sp³-hybridized carbons (Fsp3) is 0.333. The maximum atomic E-state index is 12.1. The van der Waals surface area contributed by atoms with Crippen molar-refractivity contribution in [3.8, 4) is 0 Å². The van der Waals surface area contributed by atoms with E-state index in [0.29, 0.717) is 17.2 Å². The second-order valence-electron chi connectivity index (χ2n) is 4.86. The molecule has 0 fully saturated rings. The van der Waals surface area contributed by atoms with Crippen LogP contribution in [0.3, 0.4) is 0 Å². The summed E-state index contributed by atoms with van der Waals surface area (Å²) in [5.41, 5.74) is 0.846. The first kappa shape index (κ1) is 16.7. The van der Waals surface area contributed by atoms with Crippen LogP contribution in [0.2, 0.25) is 5.02 Å². The highest BCUT2D eigenvalue weighted by molar-refractivity contribution is 7.98. The van der Waals surface area contributed by atoms with Crippen LogP contribution in [0, 0.1) is 0 Å². The Hall–Kier alpha value is -1.66. The first-order valence-electron chi connectivity index (χ1n) is 6.77. The summed E-state index contributed by atoms with van der Waals surface area (Å²) in [5.74, 6) is -0.659. The van der Waals surface area contributed by atoms with Gasteiger partial charge < -0.3 is 15.0 Å². The van der Waals surface area contributed by atoms with Crippen LogP contribution >= 0.6 is 23.4 Å². The number of thioether (sulfide) groups is 1. The fourth-order valence-corrected chi connectivity index (χ4v) is 2.92. The first-order chi connectivity index (χ1) is 10.5. The molecule has 0 aliphatic rings. The molecule has 2 N–H and O–H groups in total. The van der Waals surface area contributed by atoms with Gasteiger partial charge in [-0.3, -0.25) is 4.79 Å². The third-order valence-corrected chi connectivity index (χ3v) is 4.29. The van der Waals surface area contributed by atoms with Crippen molar-refractivity contribution in [2.75, 3.05) is 12.0 Å². The molecule has 0 saturated heterocycles. The lowest BCUT2D eigenvalue weighted by molar-refractivity contribution is -0.141. The monoisotopic (exact) mass is 340 g/mol. The number of carbonyl (C=O) groups excluding carboxylic acids is 1. The van der Waals surface area contributed by atoms with Gasteiger partial charge in [0.2, 0.25) is 5.91 Å². The van der Waals surface area contributed by atoms with Gasteiger partial charge in [-0.1, -0.05) is 17.7 Å². The minimum Gasteiger partial charge on any atom is -0.480 e. The van der Waals surface area contributed by atoms with E-state index in [1.165, 1.54) is 0 Å². The number of hydrogen-bond acceptors (Lipinski definition) is 3. The number of carboxylic acid groups (broad SMARTS) is 1. The Morgan fingerprint density at radius 2 is 2.18 bits per heavy atom. The highest BCUT2D eigenvalue weighted by atomic mass is 35.5. The molecule has 0 unspecified atom stereocenters. The van der Waals surface area contributed by atoms with Crippen molar-refractivity contribution in [3.63, 3.8) is 0 Å². The van der Waals surface area contributed by atoms with Crippen LogP contribution in [0.4, 0.5) is 0 Å². The topological polar surface area (TPSA) is 71.3 Å². The number of nitrogens with zero attached hydrogens (tertiary/aromatic N) is 1. The predicted molar refractivity (Wildman–Crippen MR) is 89.5 cm³/mol. The Morgan fingerprint density at radius 3 is 2.86 bits per heavy atom. The average molecular weight is 341 g/mol. The van der Waals surface area contributed by atoms with Crippen LogP contribution in [0.1, 0.15) is 6.42 Å². The molecule has 1 amide bonds. The lowest BCUT2D eigenvalue weighted by Crippen LogP contribution is -2.42. The summed E-state index contributed by atoms with van der Waals surface area (Å²) in [6, 6.07) is 6.46. The molecule has 118 valence electrons. The van der Waals surface area contributed by atoms with Gasteiger partial charge in [0.1, 0.15) is 12.6 Å². The summed E-state index contributed by atoms with van der Waals surface area (Å²) in [6.07, 6.45) is 4.07. The molecule has 22 heavy (non-hydrogen) atoms. The normalized spacial score (nSPS) is 12.3. The Bertz CT molecular complexity index is 686. The number of nitrogens with one attached hydrogen (secondary N) is 1. The van der Waals surface area contributed by atoms with Gasteiger partial charge in [0.15, 0.2) is 0 Å². The number of halogens is 1. The first-order valence-corrected chi connectivity index (χ1v) is 8.54. The van der Waals surface area contributed by atoms with Gasteiger partial charge in [-0.15, -0.1) is 0 Å². The predicted octanol–water partition coefficient (Wildman–Crippen LogP) is 2.62. The summed E-state index contributed by atoms with van der Waals surface area (Å²) in [7, 11) is 0. The number of benzene rings is 1. The third kappa shape index (κ3) is 3.96. The number of amides is 1. The smallest absolute Gasteiger partial charge is 0.326 e. The van der Waals surface area contributed by atoms with Gasteiger partial charge in [-0.2, -0.15) is 11.8 Å². The van der Waals surface area contributed by atoms with Gasteiger partial charge in [0.25, 0.3) is 0 Å². The summed E-state index contributed by atoms with van der Waals surface area (Å²) in [5, 5.41) is 13.2. The van der Waals surface area contributed by atoms with Crippen LogP contribution in [0.25, 0.3) is 10.9 Å². The molecule has 5 nitrogen and oxygen atoms in total. The van der Waals surface area contributed by atoms with Crippen LogP contribution in [-0.4, -0.2) is 39.6 Å². The van der Waals surface area contributed by atoms with Crippen molar-refractivity contribution in [2.24, 2.45) is 0 Å². The zero-order valence-corrected chi connectivity index (χ0v) is 13.7. The molecule has 1 aromatic carbocycles. The minimum atomic E-state index is -1.01. The van der Waals surface area contributed by atoms with Crippen molar-refractivity contribution >= 4 is 46.1 Å². The lowest BCUT2D eigenvalue weighted by atomic mass is 10.2. The molecule has 1 heterocycles. The molecule has 0 bridgehead atoms. The van der Waals surface area contributed by atoms with E-state index in [4.69, 9.17) is 16.7 Å². The van der Waals surface area contributed by atoms with E-state index in [2.05, 4.69) is 5.32 Å². The molecule has 0 aliphatic carbocycles. The second kappa shape index (κ2) is 7.56. The van der Waals surface area contributed by atoms with E-state index >= 15 is 0 Å². The zero-order valence-electron chi connectivity index (χ0n) is 12.1. The lowest BCUT2D eigenvalue weighted by Gasteiger charge is -2.14. The molecule has 2 rings (SSSR count). The Labute approximate surface area is 137 Å². The molecule has 0 aliphatic heterocycles. The molecule has 0 spiro atoms. The molecule has 0 saturated carbocycles. The molecule has 7 heteroatoms. The number of carboxylic acids is 1. The Balaban J connectivity index is 2.07. The maximum Gasteiger partial charge on any atom is 0.326 e. The summed E-state index contributed by atoms with van der Waals surface area (Å²) in [4.78, 5) is 23.2. The zero-order chi connectivity index (χ0) is 16.1. The number of fused-ring (bicyclic) bond motifs is 1. The van der Waals surface area contributed by atoms with E-state index in [1.54, 1.807) is 28.6 Å². The number of aliphatic carboxylic acids is 1. The average Bonchev–Trinajstić information content (AvgIpc) is 2.88. The van der Waals surface area contributed by atoms with Crippen molar-refractivity contribution in [3.05, 3.63) is 35.5 Å². The fourth-order valence-electron chi connectivity index (χ4n) is 2.21. The molecule has 1 atom stereocenters. The molecular weight excluding hydrogens is 324 g/mol. The number of aromatic nitrogens is 1. The van der Waals surface area contributed by atoms with Crippen molar-refractivity contribution in [1.29, 1.82) is 0 Å². The van der Waals surface area contributed by atoms with Gasteiger partial charge in [0.05, 0.1) is 0 Å². The number of carbonyl (C=O) groups is 2. The summed E-state index contributed by atoms with van der Waals surface area (Å²) < 4.78 is 1.75. The number of rotatable bonds is 7. The number of hydrogen-bond donors (Lipinski definition) is 2. The van der Waals surface area contributed by atoms with E-state index < -0.39 is 12.0 Å². The minimum absolute atomic E-state index is 0.0624. The molecule has 2 aromatic rings. The molecule has 1 aromatic heterocycles. The highest BCUT2D eigenvalue weighted by Crippen LogP contribution is 2.24. The molecular formula is C15H17ClN2O3S. The van der Waals surface area contributed by atoms with Crippen molar-refractivity contribution in [2.45, 2.75) is 19.0 Å². The van der Waals surface area contributed by atoms with Crippen LogP contribution in [0.5, 0.6) is 0 Å². The van der Waals surface area contributed by atoms with Crippen LogP contribution in [0.15, 0.2) is 30.5 Å². The van der Waals surface area contributed by atoms with Gasteiger partial charge in [-0.05, 0) is 36.6 Å². The Morgan fingerprint density at radius 1 is 1.41 bits per heavy atom. The maximum absolute atomic E-state index is 12.1. The summed E-state index contributed by atoms with van der Waals surface area (Å²) in [6.45, 7) is 0.0624. The third-order valence-electron chi connectivity index (χ3n) is 3.32. The van der Waals surface area contributed by atoms with E-state index in [9.17, 15) is 9.59 Å². The van der Waals surface area contributed by atoms with Crippen molar-refractivity contribution < 1.29 is 14.7 Å². The van der Waals surface area contributed by atoms with E-state index in [0.717, 1.165) is 10.9 Å². The standard InChI is InChI=1S/C15H17ClN2O3S/c1-22-8-6-12(15(20)21)17-14(19)9-18-7-5-10-11(16)3-2-4-13(10)18/h2-5,7,12H,6,8-9H2,1H3,(H,17,19)(H,20,21)/t12-/m0/s1. The van der Waals surface area contributed by atoms with Crippen LogP contribution in [-0.2, 0) is 16.1 Å². The van der Waals surface area contributed by atoms with Gasteiger partial charge in [0, 0.05) is 22.1 Å². The summed E-state index contributed by atoms with van der Waals surface area (Å²) >= 11 is 7.64. The van der Waals surface area contributed by atoms with E-state index in [1.807, 2.05) is 24.5 Å². The van der Waals surface area contributed by atoms with Gasteiger partial charge >= 0.3 is 5.97 Å². The second-order valence-corrected chi connectivity index (χ2v) is 6.25. The largest absolute Gasteiger partial charge is 0.480 e. The molecule has 0 radical (unpaired) electrons. The van der Waals surface area contributed by atoms with Crippen molar-refractivity contribution in [1.82, 2.24) is 9.88 Å². The van der Waals surface area contributed by atoms with Crippen LogP contribution < -0.4 is 5.32 Å². The van der Waals surface area contributed by atoms with Gasteiger partial charge in [-0.25, -0.2) is 4.79 Å². The quantitative estimate of drug-likeness (QED) is 0.812. The highest BCUT2D eigenvalue weighted by Gasteiger charge is 2.19. The SMILES string of the molecule is CSCC[C@H](NC(=O)Cn1ccc2c(Cl)cccc21)C(=O)O. The van der Waals surface area contributed by atoms with E-state index in [-0.39, 0.29) is 12.5 Å². The Kier molecular flexibility index (Phi) is 5.74.